The average molecular weight is 462 g/mol. The molecule has 5 rings (SSSR count). The summed E-state index contributed by atoms with van der Waals surface area (Å²) < 4.78 is 5.10. The van der Waals surface area contributed by atoms with Crippen LogP contribution in [-0.4, -0.2) is 23.5 Å². The number of nitrogens with one attached hydrogen (secondary N) is 2. The first-order valence-corrected chi connectivity index (χ1v) is 11.3. The van der Waals surface area contributed by atoms with E-state index in [9.17, 15) is 9.59 Å². The normalized spacial score (nSPS) is 13.6. The number of pyridine rings is 1. The lowest BCUT2D eigenvalue weighted by Crippen LogP contribution is -2.10. The van der Waals surface area contributed by atoms with Crippen molar-refractivity contribution in [3.63, 3.8) is 0 Å². The summed E-state index contributed by atoms with van der Waals surface area (Å²) in [6.45, 7) is 2.05. The lowest BCUT2D eigenvalue weighted by molar-refractivity contribution is -0.110. The van der Waals surface area contributed by atoms with Crippen LogP contribution < -0.4 is 10.6 Å². The quantitative estimate of drug-likeness (QED) is 0.278. The Morgan fingerprint density at radius 3 is 2.43 bits per heavy atom. The van der Waals surface area contributed by atoms with E-state index >= 15 is 0 Å². The highest BCUT2D eigenvalue weighted by atomic mass is 16.5. The van der Waals surface area contributed by atoms with E-state index in [2.05, 4.69) is 15.6 Å². The van der Waals surface area contributed by atoms with E-state index in [-0.39, 0.29) is 12.5 Å². The van der Waals surface area contributed by atoms with Gasteiger partial charge < -0.3 is 15.4 Å². The molecular weight excluding hydrogens is 438 g/mol. The van der Waals surface area contributed by atoms with Gasteiger partial charge in [0.25, 0.3) is 5.91 Å². The van der Waals surface area contributed by atoms with Crippen molar-refractivity contribution >= 4 is 34.5 Å². The van der Waals surface area contributed by atoms with Crippen molar-refractivity contribution in [1.29, 1.82) is 0 Å². The molecule has 6 nitrogen and oxygen atoms in total. The van der Waals surface area contributed by atoms with E-state index in [4.69, 9.17) is 4.74 Å². The predicted octanol–water partition coefficient (Wildman–Crippen LogP) is 5.86. The van der Waals surface area contributed by atoms with Gasteiger partial charge in [0.15, 0.2) is 0 Å². The fourth-order valence-electron chi connectivity index (χ4n) is 4.07. The molecule has 0 saturated carbocycles. The Balaban J connectivity index is 1.55. The van der Waals surface area contributed by atoms with E-state index in [1.54, 1.807) is 31.3 Å². The van der Waals surface area contributed by atoms with Crippen LogP contribution in [0.2, 0.25) is 0 Å². The SMILES string of the molecule is CCOC(=O)c1ccc2c(c1)NC(=O)/C2=C(\Nc1ccc(-c2cccnc2)cc1)c1ccccc1. The molecule has 1 aliphatic heterocycles. The van der Waals surface area contributed by atoms with Gasteiger partial charge in [0.2, 0.25) is 0 Å². The molecule has 0 fully saturated rings. The van der Waals surface area contributed by atoms with E-state index in [1.807, 2.05) is 72.9 Å². The van der Waals surface area contributed by atoms with Gasteiger partial charge in [-0.2, -0.15) is 0 Å². The standard InChI is InChI=1S/C29H23N3O3/c1-2-35-29(34)21-12-15-24-25(17-21)32-28(33)26(24)27(20-7-4-3-5-8-20)31-23-13-10-19(11-14-23)22-9-6-16-30-18-22/h3-18,31H,2H2,1H3,(H,32,33)/b27-26-. The summed E-state index contributed by atoms with van der Waals surface area (Å²) in [5.74, 6) is -0.656. The number of carbonyl (C=O) groups is 2. The van der Waals surface area contributed by atoms with Crippen molar-refractivity contribution in [1.82, 2.24) is 4.98 Å². The molecule has 0 unspecified atom stereocenters. The number of nitrogens with zero attached hydrogens (tertiary/aromatic N) is 1. The number of hydrogen-bond acceptors (Lipinski definition) is 5. The predicted molar refractivity (Wildman–Crippen MR) is 138 cm³/mol. The number of amides is 1. The molecule has 4 aromatic rings. The molecule has 0 atom stereocenters. The van der Waals surface area contributed by atoms with Crippen molar-refractivity contribution in [2.24, 2.45) is 0 Å². The van der Waals surface area contributed by atoms with Crippen LogP contribution in [0.3, 0.4) is 0 Å². The molecular formula is C29H23N3O3. The van der Waals surface area contributed by atoms with Gasteiger partial charge in [-0.1, -0.05) is 54.6 Å². The summed E-state index contributed by atoms with van der Waals surface area (Å²) in [4.78, 5) is 29.5. The number of esters is 1. The highest BCUT2D eigenvalue weighted by Gasteiger charge is 2.29. The summed E-state index contributed by atoms with van der Waals surface area (Å²) in [5.41, 5.74) is 6.68. The van der Waals surface area contributed by atoms with Crippen LogP contribution in [-0.2, 0) is 9.53 Å². The van der Waals surface area contributed by atoms with E-state index < -0.39 is 5.97 Å². The summed E-state index contributed by atoms with van der Waals surface area (Å²) in [6.07, 6.45) is 3.57. The van der Waals surface area contributed by atoms with Gasteiger partial charge in [-0.15, -0.1) is 0 Å². The number of anilines is 2. The lowest BCUT2D eigenvalue weighted by Gasteiger charge is -2.15. The molecule has 172 valence electrons. The van der Waals surface area contributed by atoms with Gasteiger partial charge in [-0.05, 0) is 53.9 Å². The molecule has 1 aromatic heterocycles. The number of aromatic nitrogens is 1. The molecule has 0 spiro atoms. The van der Waals surface area contributed by atoms with E-state index in [1.165, 1.54) is 0 Å². The minimum absolute atomic E-state index is 0.237. The summed E-state index contributed by atoms with van der Waals surface area (Å²) in [5, 5.41) is 6.36. The Morgan fingerprint density at radius 2 is 1.71 bits per heavy atom. The van der Waals surface area contributed by atoms with Gasteiger partial charge in [0.05, 0.1) is 29.1 Å². The van der Waals surface area contributed by atoms with E-state index in [0.29, 0.717) is 22.5 Å². The second-order valence-corrected chi connectivity index (χ2v) is 8.00. The first kappa shape index (κ1) is 22.1. The molecule has 3 aromatic carbocycles. The van der Waals surface area contributed by atoms with Crippen LogP contribution in [0, 0.1) is 0 Å². The van der Waals surface area contributed by atoms with Gasteiger partial charge in [0, 0.05) is 23.6 Å². The van der Waals surface area contributed by atoms with E-state index in [0.717, 1.165) is 27.9 Å². The van der Waals surface area contributed by atoms with Gasteiger partial charge in [-0.3, -0.25) is 9.78 Å². The zero-order valence-electron chi connectivity index (χ0n) is 19.1. The van der Waals surface area contributed by atoms with Gasteiger partial charge >= 0.3 is 5.97 Å². The third kappa shape index (κ3) is 4.54. The minimum atomic E-state index is -0.419. The number of benzene rings is 3. The molecule has 6 heteroatoms. The Kier molecular flexibility index (Phi) is 6.09. The van der Waals surface area contributed by atoms with Crippen LogP contribution in [0.1, 0.15) is 28.4 Å². The first-order chi connectivity index (χ1) is 17.1. The topological polar surface area (TPSA) is 80.3 Å². The van der Waals surface area contributed by atoms with Crippen molar-refractivity contribution in [3.05, 3.63) is 114 Å². The molecule has 2 N–H and O–H groups in total. The van der Waals surface area contributed by atoms with Crippen LogP contribution in [0.25, 0.3) is 22.4 Å². The largest absolute Gasteiger partial charge is 0.462 e. The smallest absolute Gasteiger partial charge is 0.338 e. The first-order valence-electron chi connectivity index (χ1n) is 11.3. The third-order valence-electron chi connectivity index (χ3n) is 5.74. The monoisotopic (exact) mass is 461 g/mol. The maximum atomic E-state index is 13.2. The van der Waals surface area contributed by atoms with Crippen molar-refractivity contribution in [3.8, 4) is 11.1 Å². The number of carbonyl (C=O) groups excluding carboxylic acids is 2. The van der Waals surface area contributed by atoms with Crippen LogP contribution in [0.5, 0.6) is 0 Å². The highest BCUT2D eigenvalue weighted by molar-refractivity contribution is 6.37. The fourth-order valence-corrected chi connectivity index (χ4v) is 4.07. The molecule has 0 radical (unpaired) electrons. The third-order valence-corrected chi connectivity index (χ3v) is 5.74. The second kappa shape index (κ2) is 9.65. The van der Waals surface area contributed by atoms with Crippen LogP contribution >= 0.6 is 0 Å². The Morgan fingerprint density at radius 1 is 0.914 bits per heavy atom. The Labute approximate surface area is 203 Å². The summed E-state index contributed by atoms with van der Waals surface area (Å²) >= 11 is 0. The van der Waals surface area contributed by atoms with Crippen molar-refractivity contribution in [2.45, 2.75) is 6.92 Å². The van der Waals surface area contributed by atoms with Crippen molar-refractivity contribution in [2.75, 3.05) is 17.2 Å². The molecule has 35 heavy (non-hydrogen) atoms. The maximum absolute atomic E-state index is 13.2. The zero-order chi connectivity index (χ0) is 24.2. The molecule has 1 amide bonds. The zero-order valence-corrected chi connectivity index (χ0v) is 19.1. The maximum Gasteiger partial charge on any atom is 0.338 e. The number of fused-ring (bicyclic) bond motifs is 1. The van der Waals surface area contributed by atoms with Gasteiger partial charge in [0.1, 0.15) is 0 Å². The average Bonchev–Trinajstić information content (AvgIpc) is 3.23. The number of hydrogen-bond donors (Lipinski definition) is 2. The highest BCUT2D eigenvalue weighted by Crippen LogP contribution is 2.38. The van der Waals surface area contributed by atoms with Gasteiger partial charge in [-0.25, -0.2) is 4.79 Å². The molecule has 0 bridgehead atoms. The minimum Gasteiger partial charge on any atom is -0.462 e. The second-order valence-electron chi connectivity index (χ2n) is 8.00. The number of rotatable bonds is 6. The number of ether oxygens (including phenoxy) is 1. The van der Waals surface area contributed by atoms with Crippen LogP contribution in [0.15, 0.2) is 97.3 Å². The molecule has 1 aliphatic rings. The summed E-state index contributed by atoms with van der Waals surface area (Å²) in [6, 6.07) is 26.7. The molecule has 0 saturated heterocycles. The summed E-state index contributed by atoms with van der Waals surface area (Å²) in [7, 11) is 0. The molecule has 0 aliphatic carbocycles. The Bertz CT molecular complexity index is 1410. The lowest BCUT2D eigenvalue weighted by atomic mass is 9.99. The fraction of sp³-hybridized carbons (Fsp3) is 0.0690. The Hall–Kier alpha value is -4.71. The molecule has 2 heterocycles. The van der Waals surface area contributed by atoms with Crippen LogP contribution in [0.4, 0.5) is 11.4 Å². The van der Waals surface area contributed by atoms with Crippen molar-refractivity contribution < 1.29 is 14.3 Å².